The zero-order valence-corrected chi connectivity index (χ0v) is 11.7. The fourth-order valence-electron chi connectivity index (χ4n) is 1.70. The molecular formula is C14H31N. The predicted molar refractivity (Wildman–Crippen MR) is 70.2 cm³/mol. The minimum atomic E-state index is 0.460. The molecule has 0 aliphatic rings. The SMILES string of the molecule is CCC(C)CC(CC)NCCC(C)(C)C. The molecule has 0 radical (unpaired) electrons. The van der Waals surface area contributed by atoms with Gasteiger partial charge in [0.15, 0.2) is 0 Å². The maximum atomic E-state index is 3.69. The molecule has 0 aromatic heterocycles. The molecule has 92 valence electrons. The second kappa shape index (κ2) is 7.27. The molecule has 2 unspecified atom stereocenters. The van der Waals surface area contributed by atoms with E-state index >= 15 is 0 Å². The van der Waals surface area contributed by atoms with Crippen molar-refractivity contribution in [3.8, 4) is 0 Å². The van der Waals surface area contributed by atoms with Crippen molar-refractivity contribution in [1.82, 2.24) is 5.32 Å². The highest BCUT2D eigenvalue weighted by atomic mass is 14.9. The molecule has 0 saturated carbocycles. The van der Waals surface area contributed by atoms with Crippen LogP contribution in [-0.2, 0) is 0 Å². The Morgan fingerprint density at radius 1 is 1.07 bits per heavy atom. The number of rotatable bonds is 7. The summed E-state index contributed by atoms with van der Waals surface area (Å²) in [5.41, 5.74) is 0.460. The monoisotopic (exact) mass is 213 g/mol. The Morgan fingerprint density at radius 3 is 2.07 bits per heavy atom. The summed E-state index contributed by atoms with van der Waals surface area (Å²) in [5, 5.41) is 3.69. The van der Waals surface area contributed by atoms with Crippen LogP contribution >= 0.6 is 0 Å². The molecule has 0 spiro atoms. The molecule has 0 heterocycles. The van der Waals surface area contributed by atoms with Gasteiger partial charge in [-0.25, -0.2) is 0 Å². The first-order valence-electron chi connectivity index (χ1n) is 6.62. The van der Waals surface area contributed by atoms with Gasteiger partial charge in [0.05, 0.1) is 0 Å². The largest absolute Gasteiger partial charge is 0.314 e. The third kappa shape index (κ3) is 8.92. The lowest BCUT2D eigenvalue weighted by molar-refractivity contribution is 0.329. The highest BCUT2D eigenvalue weighted by molar-refractivity contribution is 4.70. The van der Waals surface area contributed by atoms with Gasteiger partial charge in [-0.2, -0.15) is 0 Å². The van der Waals surface area contributed by atoms with Gasteiger partial charge in [-0.15, -0.1) is 0 Å². The highest BCUT2D eigenvalue weighted by Gasteiger charge is 2.13. The summed E-state index contributed by atoms with van der Waals surface area (Å²) in [6.07, 6.45) is 5.16. The molecule has 0 aliphatic heterocycles. The van der Waals surface area contributed by atoms with E-state index in [-0.39, 0.29) is 0 Å². The molecule has 1 nitrogen and oxygen atoms in total. The third-order valence-electron chi connectivity index (χ3n) is 3.18. The van der Waals surface area contributed by atoms with E-state index < -0.39 is 0 Å². The summed E-state index contributed by atoms with van der Waals surface area (Å²) >= 11 is 0. The number of hydrogen-bond acceptors (Lipinski definition) is 1. The van der Waals surface area contributed by atoms with E-state index in [9.17, 15) is 0 Å². The minimum Gasteiger partial charge on any atom is -0.314 e. The first-order valence-corrected chi connectivity index (χ1v) is 6.62. The van der Waals surface area contributed by atoms with Crippen LogP contribution in [0.25, 0.3) is 0 Å². The highest BCUT2D eigenvalue weighted by Crippen LogP contribution is 2.18. The number of hydrogen-bond donors (Lipinski definition) is 1. The lowest BCUT2D eigenvalue weighted by Crippen LogP contribution is -2.32. The van der Waals surface area contributed by atoms with Crippen LogP contribution in [-0.4, -0.2) is 12.6 Å². The van der Waals surface area contributed by atoms with Crippen LogP contribution in [0, 0.1) is 11.3 Å². The average Bonchev–Trinajstić information content (AvgIpc) is 2.14. The minimum absolute atomic E-state index is 0.460. The zero-order chi connectivity index (χ0) is 11.9. The van der Waals surface area contributed by atoms with Crippen molar-refractivity contribution in [2.75, 3.05) is 6.54 Å². The van der Waals surface area contributed by atoms with E-state index in [1.165, 1.54) is 32.2 Å². The molecule has 0 fully saturated rings. The quantitative estimate of drug-likeness (QED) is 0.667. The third-order valence-corrected chi connectivity index (χ3v) is 3.18. The maximum Gasteiger partial charge on any atom is 0.00669 e. The zero-order valence-electron chi connectivity index (χ0n) is 11.7. The van der Waals surface area contributed by atoms with Gasteiger partial charge in [0, 0.05) is 6.04 Å². The van der Waals surface area contributed by atoms with Gasteiger partial charge in [-0.05, 0) is 37.1 Å². The Kier molecular flexibility index (Phi) is 7.25. The van der Waals surface area contributed by atoms with Crippen molar-refractivity contribution >= 4 is 0 Å². The van der Waals surface area contributed by atoms with Crippen molar-refractivity contribution in [3.05, 3.63) is 0 Å². The van der Waals surface area contributed by atoms with Crippen LogP contribution in [0.3, 0.4) is 0 Å². The first-order chi connectivity index (χ1) is 6.89. The molecule has 0 aromatic carbocycles. The van der Waals surface area contributed by atoms with Crippen molar-refractivity contribution in [2.45, 2.75) is 73.3 Å². The second-order valence-electron chi connectivity index (χ2n) is 6.12. The molecule has 0 rings (SSSR count). The molecule has 0 aliphatic carbocycles. The van der Waals surface area contributed by atoms with Crippen molar-refractivity contribution in [2.24, 2.45) is 11.3 Å². The van der Waals surface area contributed by atoms with E-state index in [2.05, 4.69) is 46.9 Å². The normalized spacial score (nSPS) is 16.4. The fourth-order valence-corrected chi connectivity index (χ4v) is 1.70. The van der Waals surface area contributed by atoms with Gasteiger partial charge >= 0.3 is 0 Å². The molecule has 0 aromatic rings. The van der Waals surface area contributed by atoms with Crippen LogP contribution in [0.2, 0.25) is 0 Å². The molecule has 15 heavy (non-hydrogen) atoms. The van der Waals surface area contributed by atoms with Crippen LogP contribution in [0.5, 0.6) is 0 Å². The van der Waals surface area contributed by atoms with Crippen LogP contribution < -0.4 is 5.32 Å². The Balaban J connectivity index is 3.71. The van der Waals surface area contributed by atoms with E-state index in [0.717, 1.165) is 12.0 Å². The van der Waals surface area contributed by atoms with Gasteiger partial charge < -0.3 is 5.32 Å². The molecule has 0 saturated heterocycles. The first kappa shape index (κ1) is 15.0. The molecular weight excluding hydrogens is 182 g/mol. The van der Waals surface area contributed by atoms with Gasteiger partial charge in [-0.3, -0.25) is 0 Å². The lowest BCUT2D eigenvalue weighted by atomic mass is 9.91. The Morgan fingerprint density at radius 2 is 1.67 bits per heavy atom. The fraction of sp³-hybridized carbons (Fsp3) is 1.00. The predicted octanol–water partition coefficient (Wildman–Crippen LogP) is 4.23. The van der Waals surface area contributed by atoms with Gasteiger partial charge in [0.2, 0.25) is 0 Å². The summed E-state index contributed by atoms with van der Waals surface area (Å²) in [6.45, 7) is 15.0. The van der Waals surface area contributed by atoms with Crippen molar-refractivity contribution in [3.63, 3.8) is 0 Å². The molecule has 0 bridgehead atoms. The van der Waals surface area contributed by atoms with E-state index in [1.54, 1.807) is 0 Å². The molecule has 0 amide bonds. The Labute approximate surface area is 97.0 Å². The van der Waals surface area contributed by atoms with E-state index in [0.29, 0.717) is 5.41 Å². The van der Waals surface area contributed by atoms with Crippen LogP contribution in [0.1, 0.15) is 67.2 Å². The van der Waals surface area contributed by atoms with Crippen LogP contribution in [0.15, 0.2) is 0 Å². The summed E-state index contributed by atoms with van der Waals surface area (Å²) < 4.78 is 0. The van der Waals surface area contributed by atoms with Crippen molar-refractivity contribution in [1.29, 1.82) is 0 Å². The Bertz CT molecular complexity index is 146. The summed E-state index contributed by atoms with van der Waals surface area (Å²) in [6, 6.07) is 0.724. The number of nitrogens with one attached hydrogen (secondary N) is 1. The standard InChI is InChI=1S/C14H31N/c1-7-12(3)11-13(8-2)15-10-9-14(4,5)6/h12-13,15H,7-11H2,1-6H3. The summed E-state index contributed by atoms with van der Waals surface area (Å²) in [7, 11) is 0. The van der Waals surface area contributed by atoms with Crippen LogP contribution in [0.4, 0.5) is 0 Å². The smallest absolute Gasteiger partial charge is 0.00669 e. The second-order valence-corrected chi connectivity index (χ2v) is 6.12. The van der Waals surface area contributed by atoms with E-state index in [1.807, 2.05) is 0 Å². The van der Waals surface area contributed by atoms with Gasteiger partial charge in [-0.1, -0.05) is 48.0 Å². The van der Waals surface area contributed by atoms with Crippen molar-refractivity contribution < 1.29 is 0 Å². The summed E-state index contributed by atoms with van der Waals surface area (Å²) in [5.74, 6) is 0.858. The van der Waals surface area contributed by atoms with Gasteiger partial charge in [0.25, 0.3) is 0 Å². The van der Waals surface area contributed by atoms with Gasteiger partial charge in [0.1, 0.15) is 0 Å². The molecule has 1 heteroatoms. The summed E-state index contributed by atoms with van der Waals surface area (Å²) in [4.78, 5) is 0. The average molecular weight is 213 g/mol. The topological polar surface area (TPSA) is 12.0 Å². The molecule has 2 atom stereocenters. The van der Waals surface area contributed by atoms with E-state index in [4.69, 9.17) is 0 Å². The Hall–Kier alpha value is -0.0400. The maximum absolute atomic E-state index is 3.69. The lowest BCUT2D eigenvalue weighted by Gasteiger charge is -2.23. The molecule has 1 N–H and O–H groups in total.